The third kappa shape index (κ3) is 4.10. The second-order valence-corrected chi connectivity index (χ2v) is 8.59. The van der Waals surface area contributed by atoms with E-state index in [2.05, 4.69) is 5.32 Å². The SMILES string of the molecule is CNc1c(S(C)(=O)=O)ccc(C(=O)C(=CN(C)C)C(=O)C2CC2)c1C. The molecule has 1 aromatic carbocycles. The molecule has 0 saturated heterocycles. The molecule has 1 N–H and O–H groups in total. The van der Waals surface area contributed by atoms with Gasteiger partial charge in [-0.1, -0.05) is 0 Å². The molecule has 1 aliphatic carbocycles. The van der Waals surface area contributed by atoms with Crippen LogP contribution in [0.25, 0.3) is 0 Å². The lowest BCUT2D eigenvalue weighted by Crippen LogP contribution is -2.20. The van der Waals surface area contributed by atoms with Gasteiger partial charge in [-0.2, -0.15) is 0 Å². The number of Topliss-reactive ketones (excluding diaryl/α,β-unsaturated/α-hetero) is 2. The van der Waals surface area contributed by atoms with Gasteiger partial charge < -0.3 is 10.2 Å². The number of carbonyl (C=O) groups is 2. The highest BCUT2D eigenvalue weighted by atomic mass is 32.2. The van der Waals surface area contributed by atoms with E-state index in [1.807, 2.05) is 0 Å². The van der Waals surface area contributed by atoms with Crippen LogP contribution in [-0.2, 0) is 14.6 Å². The molecule has 7 heteroatoms. The van der Waals surface area contributed by atoms with Gasteiger partial charge in [0, 0.05) is 45.1 Å². The highest BCUT2D eigenvalue weighted by Gasteiger charge is 2.35. The van der Waals surface area contributed by atoms with Crippen molar-refractivity contribution < 1.29 is 18.0 Å². The number of carbonyl (C=O) groups excluding carboxylic acids is 2. The Bertz CT molecular complexity index is 850. The topological polar surface area (TPSA) is 83.6 Å². The zero-order valence-electron chi connectivity index (χ0n) is 15.2. The number of rotatable bonds is 7. The Morgan fingerprint density at radius 2 is 1.84 bits per heavy atom. The summed E-state index contributed by atoms with van der Waals surface area (Å²) < 4.78 is 23.9. The van der Waals surface area contributed by atoms with Gasteiger partial charge in [-0.15, -0.1) is 0 Å². The first kappa shape index (κ1) is 19.2. The van der Waals surface area contributed by atoms with Crippen LogP contribution in [0.15, 0.2) is 28.8 Å². The van der Waals surface area contributed by atoms with Crippen molar-refractivity contribution >= 4 is 27.1 Å². The Morgan fingerprint density at radius 3 is 2.28 bits per heavy atom. The minimum Gasteiger partial charge on any atom is -0.387 e. The number of sulfone groups is 1. The molecule has 0 unspecified atom stereocenters. The fourth-order valence-electron chi connectivity index (χ4n) is 2.76. The highest BCUT2D eigenvalue weighted by molar-refractivity contribution is 7.90. The molecule has 25 heavy (non-hydrogen) atoms. The van der Waals surface area contributed by atoms with Crippen molar-refractivity contribution in [3.05, 3.63) is 35.0 Å². The van der Waals surface area contributed by atoms with E-state index in [9.17, 15) is 18.0 Å². The minimum absolute atomic E-state index is 0.0745. The van der Waals surface area contributed by atoms with E-state index in [1.54, 1.807) is 39.2 Å². The average Bonchev–Trinajstić information content (AvgIpc) is 3.34. The molecule has 1 saturated carbocycles. The van der Waals surface area contributed by atoms with Gasteiger partial charge in [0.25, 0.3) is 0 Å². The smallest absolute Gasteiger partial charge is 0.198 e. The molecule has 1 aliphatic rings. The molecule has 0 radical (unpaired) electrons. The van der Waals surface area contributed by atoms with Crippen LogP contribution in [0.5, 0.6) is 0 Å². The van der Waals surface area contributed by atoms with Gasteiger partial charge in [0.1, 0.15) is 0 Å². The Labute approximate surface area is 148 Å². The molecule has 0 aromatic heterocycles. The van der Waals surface area contributed by atoms with Crippen LogP contribution in [-0.4, -0.2) is 52.3 Å². The van der Waals surface area contributed by atoms with Crippen molar-refractivity contribution in [3.8, 4) is 0 Å². The van der Waals surface area contributed by atoms with E-state index < -0.39 is 9.84 Å². The number of ketones is 2. The van der Waals surface area contributed by atoms with Gasteiger partial charge in [0.2, 0.25) is 0 Å². The maximum atomic E-state index is 13.0. The minimum atomic E-state index is -3.43. The molecule has 6 nitrogen and oxygen atoms in total. The fraction of sp³-hybridized carbons (Fsp3) is 0.444. The van der Waals surface area contributed by atoms with E-state index in [-0.39, 0.29) is 28.0 Å². The van der Waals surface area contributed by atoms with E-state index in [4.69, 9.17) is 0 Å². The predicted octanol–water partition coefficient (Wildman–Crippen LogP) is 2.05. The van der Waals surface area contributed by atoms with Crippen molar-refractivity contribution in [3.63, 3.8) is 0 Å². The number of hydrogen-bond donors (Lipinski definition) is 1. The summed E-state index contributed by atoms with van der Waals surface area (Å²) in [5.41, 5.74) is 1.38. The average molecular weight is 364 g/mol. The van der Waals surface area contributed by atoms with Crippen LogP contribution in [0.1, 0.15) is 28.8 Å². The van der Waals surface area contributed by atoms with Crippen molar-refractivity contribution in [1.82, 2.24) is 4.90 Å². The number of hydrogen-bond acceptors (Lipinski definition) is 6. The van der Waals surface area contributed by atoms with Crippen LogP contribution in [0.4, 0.5) is 5.69 Å². The second kappa shape index (κ2) is 7.00. The molecular formula is C18H24N2O4S. The Hall–Kier alpha value is -2.15. The lowest BCUT2D eigenvalue weighted by molar-refractivity contribution is -0.116. The molecule has 1 fully saturated rings. The largest absolute Gasteiger partial charge is 0.387 e. The predicted molar refractivity (Wildman–Crippen MR) is 97.7 cm³/mol. The lowest BCUT2D eigenvalue weighted by atomic mass is 9.94. The standard InChI is InChI=1S/C18H24N2O4S/c1-11-13(8-9-15(16(11)19-2)25(5,23)24)18(22)14(10-20(3)4)17(21)12-6-7-12/h8-10,12,19H,6-7H2,1-5H3. The van der Waals surface area contributed by atoms with Crippen LogP contribution in [0.2, 0.25) is 0 Å². The molecular weight excluding hydrogens is 340 g/mol. The third-order valence-electron chi connectivity index (χ3n) is 4.17. The normalized spacial score (nSPS) is 15.0. The zero-order chi connectivity index (χ0) is 18.9. The molecule has 2 rings (SSSR count). The summed E-state index contributed by atoms with van der Waals surface area (Å²) in [5.74, 6) is -0.592. The van der Waals surface area contributed by atoms with E-state index in [1.165, 1.54) is 12.1 Å². The summed E-state index contributed by atoms with van der Waals surface area (Å²) >= 11 is 0. The molecule has 0 amide bonds. The molecule has 136 valence electrons. The first-order valence-electron chi connectivity index (χ1n) is 8.06. The number of anilines is 1. The summed E-state index contributed by atoms with van der Waals surface area (Å²) in [6.07, 6.45) is 4.29. The highest BCUT2D eigenvalue weighted by Crippen LogP contribution is 2.34. The van der Waals surface area contributed by atoms with Gasteiger partial charge >= 0.3 is 0 Å². The maximum absolute atomic E-state index is 13.0. The van der Waals surface area contributed by atoms with Gasteiger partial charge in [-0.3, -0.25) is 9.59 Å². The monoisotopic (exact) mass is 364 g/mol. The van der Waals surface area contributed by atoms with Crippen LogP contribution in [0.3, 0.4) is 0 Å². The summed E-state index contributed by atoms with van der Waals surface area (Å²) in [6, 6.07) is 2.90. The first-order valence-corrected chi connectivity index (χ1v) is 9.95. The van der Waals surface area contributed by atoms with Gasteiger partial charge in [0.05, 0.1) is 16.2 Å². The van der Waals surface area contributed by atoms with Gasteiger partial charge in [0.15, 0.2) is 21.4 Å². The van der Waals surface area contributed by atoms with Crippen molar-refractivity contribution in [1.29, 1.82) is 0 Å². The third-order valence-corrected chi connectivity index (χ3v) is 5.31. The number of nitrogens with zero attached hydrogens (tertiary/aromatic N) is 1. The van der Waals surface area contributed by atoms with Gasteiger partial charge in [-0.05, 0) is 37.5 Å². The van der Waals surface area contributed by atoms with E-state index in [0.717, 1.165) is 19.1 Å². The van der Waals surface area contributed by atoms with Crippen molar-refractivity contribution in [2.24, 2.45) is 5.92 Å². The Kier molecular flexibility index (Phi) is 5.37. The fourth-order valence-corrected chi connectivity index (χ4v) is 3.70. The van der Waals surface area contributed by atoms with Crippen LogP contribution < -0.4 is 5.32 Å². The van der Waals surface area contributed by atoms with Crippen molar-refractivity contribution in [2.75, 3.05) is 32.7 Å². The summed E-state index contributed by atoms with van der Waals surface area (Å²) in [5, 5.41) is 2.86. The summed E-state index contributed by atoms with van der Waals surface area (Å²) in [4.78, 5) is 27.3. The van der Waals surface area contributed by atoms with E-state index >= 15 is 0 Å². The summed E-state index contributed by atoms with van der Waals surface area (Å²) in [7, 11) is 1.69. The molecule has 0 atom stereocenters. The molecule has 1 aromatic rings. The molecule has 0 bridgehead atoms. The maximum Gasteiger partial charge on any atom is 0.198 e. The number of nitrogens with one attached hydrogen (secondary N) is 1. The van der Waals surface area contributed by atoms with Crippen LogP contribution in [0, 0.1) is 12.8 Å². The zero-order valence-corrected chi connectivity index (χ0v) is 16.0. The van der Waals surface area contributed by atoms with Crippen LogP contribution >= 0.6 is 0 Å². The second-order valence-electron chi connectivity index (χ2n) is 6.61. The Morgan fingerprint density at radius 1 is 1.24 bits per heavy atom. The number of benzene rings is 1. The quantitative estimate of drug-likeness (QED) is 0.345. The van der Waals surface area contributed by atoms with Crippen molar-refractivity contribution in [2.45, 2.75) is 24.7 Å². The molecule has 0 heterocycles. The van der Waals surface area contributed by atoms with E-state index in [0.29, 0.717) is 16.8 Å². The molecule has 0 spiro atoms. The molecule has 0 aliphatic heterocycles. The first-order chi connectivity index (χ1) is 11.6. The van der Waals surface area contributed by atoms with Gasteiger partial charge in [-0.25, -0.2) is 8.42 Å². The Balaban J connectivity index is 2.56. The lowest BCUT2D eigenvalue weighted by Gasteiger charge is -2.16. The number of allylic oxidation sites excluding steroid dienone is 1. The summed E-state index contributed by atoms with van der Waals surface area (Å²) in [6.45, 7) is 1.68.